The number of hydrogen-bond acceptors (Lipinski definition) is 5. The zero-order valence-corrected chi connectivity index (χ0v) is 14.8. The number of hydrogen-bond donors (Lipinski definition) is 1. The van der Waals surface area contributed by atoms with E-state index in [9.17, 15) is 4.79 Å². The molecule has 24 heavy (non-hydrogen) atoms. The van der Waals surface area contributed by atoms with Gasteiger partial charge >= 0.3 is 0 Å². The molecule has 0 spiro atoms. The summed E-state index contributed by atoms with van der Waals surface area (Å²) in [6.45, 7) is 0. The van der Waals surface area contributed by atoms with E-state index in [1.165, 1.54) is 11.3 Å². The van der Waals surface area contributed by atoms with Crippen LogP contribution in [-0.4, -0.2) is 10.9 Å². The highest BCUT2D eigenvalue weighted by molar-refractivity contribution is 7.13. The van der Waals surface area contributed by atoms with E-state index in [1.807, 2.05) is 16.8 Å². The molecule has 0 atom stereocenters. The van der Waals surface area contributed by atoms with Crippen LogP contribution >= 0.6 is 34.3 Å². The Kier molecular flexibility index (Phi) is 5.63. The summed E-state index contributed by atoms with van der Waals surface area (Å²) in [5, 5.41) is 9.71. The molecule has 0 aliphatic heterocycles. The summed E-state index contributed by atoms with van der Waals surface area (Å²) in [7, 11) is 0. The summed E-state index contributed by atoms with van der Waals surface area (Å²) in [4.78, 5) is 16.5. The first-order valence-electron chi connectivity index (χ1n) is 7.06. The molecule has 122 valence electrons. The number of nitrogens with one attached hydrogen (secondary N) is 1. The Hall–Kier alpha value is -2.15. The Morgan fingerprint density at radius 2 is 2.08 bits per heavy atom. The van der Waals surface area contributed by atoms with Crippen LogP contribution in [0.2, 0.25) is 5.02 Å². The number of rotatable bonds is 6. The summed E-state index contributed by atoms with van der Waals surface area (Å²) in [6, 6.07) is 8.88. The fraction of sp³-hybridized carbons (Fsp3) is 0.0588. The van der Waals surface area contributed by atoms with Gasteiger partial charge in [-0.3, -0.25) is 10.1 Å². The predicted molar refractivity (Wildman–Crippen MR) is 98.9 cm³/mol. The van der Waals surface area contributed by atoms with Crippen molar-refractivity contribution in [1.82, 2.24) is 4.98 Å². The summed E-state index contributed by atoms with van der Waals surface area (Å²) in [5.41, 5.74) is 1.12. The summed E-state index contributed by atoms with van der Waals surface area (Å²) >= 11 is 8.85. The second-order valence-electron chi connectivity index (χ2n) is 4.75. The Bertz CT molecular complexity index is 813. The van der Waals surface area contributed by atoms with E-state index in [4.69, 9.17) is 16.3 Å². The van der Waals surface area contributed by atoms with E-state index >= 15 is 0 Å². The van der Waals surface area contributed by atoms with Gasteiger partial charge in [0, 0.05) is 16.6 Å². The second kappa shape index (κ2) is 8.10. The lowest BCUT2D eigenvalue weighted by atomic mass is 10.2. The molecule has 0 saturated heterocycles. The van der Waals surface area contributed by atoms with Crippen molar-refractivity contribution in [3.05, 3.63) is 75.1 Å². The Morgan fingerprint density at radius 1 is 1.25 bits per heavy atom. The molecule has 0 radical (unpaired) electrons. The molecule has 0 unspecified atom stereocenters. The molecule has 1 aromatic carbocycles. The van der Waals surface area contributed by atoms with Crippen molar-refractivity contribution < 1.29 is 9.53 Å². The van der Waals surface area contributed by atoms with Crippen molar-refractivity contribution in [1.29, 1.82) is 0 Å². The van der Waals surface area contributed by atoms with Crippen LogP contribution in [0.25, 0.3) is 0 Å². The fourth-order valence-electron chi connectivity index (χ4n) is 1.87. The maximum Gasteiger partial charge on any atom is 0.292 e. The molecular formula is C17H13ClN2O2S2. The number of benzene rings is 1. The van der Waals surface area contributed by atoms with E-state index in [0.29, 0.717) is 22.3 Å². The second-order valence-corrected chi connectivity index (χ2v) is 6.86. The summed E-state index contributed by atoms with van der Waals surface area (Å²) < 4.78 is 5.75. The molecule has 0 aliphatic carbocycles. The third-order valence-electron chi connectivity index (χ3n) is 3.02. The van der Waals surface area contributed by atoms with Crippen molar-refractivity contribution in [2.75, 3.05) is 5.32 Å². The topological polar surface area (TPSA) is 51.2 Å². The first-order chi connectivity index (χ1) is 11.7. The van der Waals surface area contributed by atoms with E-state index in [0.717, 1.165) is 5.56 Å². The van der Waals surface area contributed by atoms with Crippen LogP contribution in [0.15, 0.2) is 64.5 Å². The minimum Gasteiger partial charge on any atom is -0.452 e. The van der Waals surface area contributed by atoms with Crippen molar-refractivity contribution in [2.24, 2.45) is 0 Å². The largest absolute Gasteiger partial charge is 0.452 e. The average Bonchev–Trinajstić information content (AvgIpc) is 3.26. The molecule has 7 heteroatoms. The quantitative estimate of drug-likeness (QED) is 0.486. The number of thiazole rings is 1. The van der Waals surface area contributed by atoms with Crippen LogP contribution in [0, 0.1) is 0 Å². The number of thiophene rings is 1. The number of allylic oxidation sites excluding steroid dienone is 1. The normalized spacial score (nSPS) is 11.3. The maximum absolute atomic E-state index is 12.5. The van der Waals surface area contributed by atoms with Gasteiger partial charge in [0.1, 0.15) is 5.75 Å². The van der Waals surface area contributed by atoms with Crippen LogP contribution in [0.1, 0.15) is 5.56 Å². The molecule has 0 fully saturated rings. The van der Waals surface area contributed by atoms with Crippen LogP contribution < -0.4 is 10.1 Å². The molecule has 0 bridgehead atoms. The average molecular weight is 377 g/mol. The van der Waals surface area contributed by atoms with E-state index in [-0.39, 0.29) is 11.7 Å². The van der Waals surface area contributed by atoms with Crippen molar-refractivity contribution >= 4 is 45.3 Å². The highest BCUT2D eigenvalue weighted by Crippen LogP contribution is 2.20. The monoisotopic (exact) mass is 376 g/mol. The maximum atomic E-state index is 12.5. The van der Waals surface area contributed by atoms with Crippen molar-refractivity contribution in [3.63, 3.8) is 0 Å². The minimum absolute atomic E-state index is 0.221. The molecule has 0 saturated carbocycles. The van der Waals surface area contributed by atoms with Gasteiger partial charge in [-0.1, -0.05) is 11.6 Å². The Balaban J connectivity index is 1.77. The fourth-order valence-corrected chi connectivity index (χ4v) is 3.21. The van der Waals surface area contributed by atoms with Crippen molar-refractivity contribution in [3.8, 4) is 5.75 Å². The molecule has 1 N–H and O–H groups in total. The van der Waals surface area contributed by atoms with Gasteiger partial charge in [0.25, 0.3) is 5.91 Å². The molecule has 3 rings (SSSR count). The molecule has 4 nitrogen and oxygen atoms in total. The number of nitrogens with zero attached hydrogens (tertiary/aromatic N) is 1. The number of amides is 1. The predicted octanol–water partition coefficient (Wildman–Crippen LogP) is 5.00. The van der Waals surface area contributed by atoms with Gasteiger partial charge in [-0.05, 0) is 59.2 Å². The first-order valence-corrected chi connectivity index (χ1v) is 9.26. The van der Waals surface area contributed by atoms with Gasteiger partial charge in [0.2, 0.25) is 0 Å². The van der Waals surface area contributed by atoms with Gasteiger partial charge in [-0.15, -0.1) is 11.3 Å². The Labute approximate surface area is 152 Å². The first kappa shape index (κ1) is 16.7. The number of aromatic nitrogens is 1. The third kappa shape index (κ3) is 4.67. The van der Waals surface area contributed by atoms with Gasteiger partial charge in [-0.2, -0.15) is 11.3 Å². The molecular weight excluding hydrogens is 364 g/mol. The van der Waals surface area contributed by atoms with Gasteiger partial charge < -0.3 is 4.74 Å². The highest BCUT2D eigenvalue weighted by Gasteiger charge is 2.14. The molecule has 2 heterocycles. The smallest absolute Gasteiger partial charge is 0.292 e. The van der Waals surface area contributed by atoms with Gasteiger partial charge in [-0.25, -0.2) is 4.98 Å². The Morgan fingerprint density at radius 3 is 2.75 bits per heavy atom. The minimum atomic E-state index is -0.338. The number of ether oxygens (including phenoxy) is 1. The SMILES string of the molecule is O=C(Nc1nccs1)/C(=C\Cc1ccsc1)Oc1ccc(Cl)cc1. The van der Waals surface area contributed by atoms with Crippen LogP contribution in [0.5, 0.6) is 5.75 Å². The highest BCUT2D eigenvalue weighted by atomic mass is 35.5. The zero-order valence-electron chi connectivity index (χ0n) is 12.4. The van der Waals surface area contributed by atoms with Crippen molar-refractivity contribution in [2.45, 2.75) is 6.42 Å². The number of carbonyl (C=O) groups is 1. The standard InChI is InChI=1S/C17H13ClN2O2S2/c18-13-2-4-14(5-3-13)22-15(6-1-12-7-9-23-11-12)16(21)20-17-19-8-10-24-17/h2-11H,1H2,(H,19,20,21)/b15-6+. The number of anilines is 1. The molecule has 1 amide bonds. The van der Waals surface area contributed by atoms with Crippen LogP contribution in [-0.2, 0) is 11.2 Å². The molecule has 2 aromatic heterocycles. The lowest BCUT2D eigenvalue weighted by Crippen LogP contribution is -2.18. The van der Waals surface area contributed by atoms with Crippen LogP contribution in [0.3, 0.4) is 0 Å². The number of carbonyl (C=O) groups excluding carboxylic acids is 1. The molecule has 3 aromatic rings. The van der Waals surface area contributed by atoms with E-state index in [1.54, 1.807) is 53.3 Å². The third-order valence-corrected chi connectivity index (χ3v) is 4.69. The van der Waals surface area contributed by atoms with Gasteiger partial charge in [0.15, 0.2) is 10.9 Å². The summed E-state index contributed by atoms with van der Waals surface area (Å²) in [5.74, 6) is 0.430. The molecule has 0 aliphatic rings. The van der Waals surface area contributed by atoms with E-state index in [2.05, 4.69) is 10.3 Å². The number of halogens is 1. The summed E-state index contributed by atoms with van der Waals surface area (Å²) in [6.07, 6.45) is 4.01. The van der Waals surface area contributed by atoms with Gasteiger partial charge in [0.05, 0.1) is 0 Å². The van der Waals surface area contributed by atoms with E-state index < -0.39 is 0 Å². The zero-order chi connectivity index (χ0) is 16.8. The lowest BCUT2D eigenvalue weighted by molar-refractivity contribution is -0.114. The lowest BCUT2D eigenvalue weighted by Gasteiger charge is -2.10. The van der Waals surface area contributed by atoms with Crippen LogP contribution in [0.4, 0.5) is 5.13 Å².